The molecule has 9 heteroatoms. The molecule has 0 amide bonds. The van der Waals surface area contributed by atoms with Gasteiger partial charge in [-0.2, -0.15) is 17.5 Å². The predicted molar refractivity (Wildman–Crippen MR) is 65.3 cm³/mol. The van der Waals surface area contributed by atoms with Crippen LogP contribution in [0.1, 0.15) is 18.4 Å². The van der Waals surface area contributed by atoms with Gasteiger partial charge in [-0.05, 0) is 30.5 Å². The molecule has 0 aromatic heterocycles. The van der Waals surface area contributed by atoms with Crippen LogP contribution in [0, 0.1) is 5.82 Å². The Morgan fingerprint density at radius 2 is 1.90 bits per heavy atom. The number of benzene rings is 1. The second-order valence-corrected chi connectivity index (χ2v) is 6.67. The summed E-state index contributed by atoms with van der Waals surface area (Å²) in [6.45, 7) is -2.33. The molecule has 1 aliphatic rings. The van der Waals surface area contributed by atoms with Crippen LogP contribution in [0.4, 0.5) is 17.6 Å². The maximum absolute atomic E-state index is 13.2. The maximum atomic E-state index is 13.2. The molecule has 1 N–H and O–H groups in total. The Morgan fingerprint density at radius 3 is 2.38 bits per heavy atom. The van der Waals surface area contributed by atoms with Gasteiger partial charge in [0, 0.05) is 6.04 Å². The van der Waals surface area contributed by atoms with Gasteiger partial charge >= 0.3 is 6.18 Å². The highest BCUT2D eigenvalue weighted by Gasteiger charge is 2.45. The molecule has 1 aliphatic carbocycles. The van der Waals surface area contributed by atoms with Gasteiger partial charge in [0.15, 0.2) is 0 Å². The van der Waals surface area contributed by atoms with Crippen LogP contribution in [-0.2, 0) is 16.6 Å². The monoisotopic (exact) mass is 327 g/mol. The number of halogens is 4. The average Bonchev–Trinajstić information content (AvgIpc) is 3.19. The van der Waals surface area contributed by atoms with Gasteiger partial charge in [-0.3, -0.25) is 0 Å². The van der Waals surface area contributed by atoms with Crippen LogP contribution in [0.5, 0.6) is 0 Å². The van der Waals surface area contributed by atoms with Crippen molar-refractivity contribution in [2.75, 3.05) is 6.54 Å². The third-order valence-electron chi connectivity index (χ3n) is 3.08. The van der Waals surface area contributed by atoms with Gasteiger partial charge in [0.05, 0.1) is 11.5 Å². The summed E-state index contributed by atoms with van der Waals surface area (Å²) < 4.78 is 76.0. The maximum Gasteiger partial charge on any atom is 0.402 e. The lowest BCUT2D eigenvalue weighted by Gasteiger charge is -2.24. The lowest BCUT2D eigenvalue weighted by atomic mass is 10.2. The Kier molecular flexibility index (Phi) is 4.27. The van der Waals surface area contributed by atoms with Crippen molar-refractivity contribution in [1.82, 2.24) is 4.31 Å². The smallest absolute Gasteiger partial charge is 0.392 e. The van der Waals surface area contributed by atoms with Crippen LogP contribution in [-0.4, -0.2) is 36.6 Å². The summed E-state index contributed by atoms with van der Waals surface area (Å²) in [6, 6.07) is 1.88. The van der Waals surface area contributed by atoms with E-state index in [1.807, 2.05) is 0 Å². The Labute approximate surface area is 119 Å². The zero-order valence-corrected chi connectivity index (χ0v) is 11.6. The summed E-state index contributed by atoms with van der Waals surface area (Å²) in [6.07, 6.45) is -4.03. The molecule has 0 radical (unpaired) electrons. The molecule has 1 saturated carbocycles. The molecule has 118 valence electrons. The predicted octanol–water partition coefficient (Wildman–Crippen LogP) is 2.03. The lowest BCUT2D eigenvalue weighted by Crippen LogP contribution is -2.40. The van der Waals surface area contributed by atoms with E-state index in [4.69, 9.17) is 5.11 Å². The third kappa shape index (κ3) is 3.72. The fourth-order valence-electron chi connectivity index (χ4n) is 1.98. The fraction of sp³-hybridized carbons (Fsp3) is 0.500. The minimum absolute atomic E-state index is 0.135. The molecule has 0 heterocycles. The largest absolute Gasteiger partial charge is 0.402 e. The van der Waals surface area contributed by atoms with Crippen molar-refractivity contribution in [2.24, 2.45) is 0 Å². The second-order valence-electron chi connectivity index (χ2n) is 4.81. The molecule has 0 unspecified atom stereocenters. The highest BCUT2D eigenvalue weighted by atomic mass is 32.2. The average molecular weight is 327 g/mol. The van der Waals surface area contributed by atoms with Crippen molar-refractivity contribution in [1.29, 1.82) is 0 Å². The van der Waals surface area contributed by atoms with Crippen LogP contribution in [0.2, 0.25) is 0 Å². The Hall–Kier alpha value is -1.19. The molecule has 2 rings (SSSR count). The van der Waals surface area contributed by atoms with Crippen molar-refractivity contribution in [3.8, 4) is 0 Å². The summed E-state index contributed by atoms with van der Waals surface area (Å²) in [7, 11) is -4.52. The van der Waals surface area contributed by atoms with E-state index < -0.39 is 46.1 Å². The van der Waals surface area contributed by atoms with E-state index >= 15 is 0 Å². The van der Waals surface area contributed by atoms with Gasteiger partial charge in [-0.25, -0.2) is 12.8 Å². The molecule has 0 atom stereocenters. The second kappa shape index (κ2) is 5.54. The van der Waals surface area contributed by atoms with Crippen molar-refractivity contribution < 1.29 is 31.1 Å². The van der Waals surface area contributed by atoms with Crippen LogP contribution in [0.3, 0.4) is 0 Å². The Bertz CT molecular complexity index is 626. The lowest BCUT2D eigenvalue weighted by molar-refractivity contribution is -0.137. The molecule has 21 heavy (non-hydrogen) atoms. The Morgan fingerprint density at radius 1 is 1.29 bits per heavy atom. The summed E-state index contributed by atoms with van der Waals surface area (Å²) in [4.78, 5) is -0.624. The molecule has 1 aromatic rings. The molecule has 4 nitrogen and oxygen atoms in total. The first-order chi connectivity index (χ1) is 9.65. The number of hydrogen-bond acceptors (Lipinski definition) is 3. The van der Waals surface area contributed by atoms with Crippen molar-refractivity contribution in [3.63, 3.8) is 0 Å². The first-order valence-electron chi connectivity index (χ1n) is 6.13. The highest BCUT2D eigenvalue weighted by Crippen LogP contribution is 2.35. The SMILES string of the molecule is O=S(=O)(c1cc(F)ccc1CO)N(CC(F)(F)F)C1CC1. The molecule has 0 aliphatic heterocycles. The first-order valence-corrected chi connectivity index (χ1v) is 7.57. The Balaban J connectivity index is 2.46. The fourth-order valence-corrected chi connectivity index (χ4v) is 3.87. The quantitative estimate of drug-likeness (QED) is 0.842. The van der Waals surface area contributed by atoms with E-state index in [0.717, 1.165) is 12.1 Å². The molecule has 0 saturated heterocycles. The number of alkyl halides is 3. The van der Waals surface area contributed by atoms with Gasteiger partial charge < -0.3 is 5.11 Å². The van der Waals surface area contributed by atoms with Crippen molar-refractivity contribution in [2.45, 2.75) is 36.6 Å². The number of nitrogens with zero attached hydrogens (tertiary/aromatic N) is 1. The summed E-state index contributed by atoms with van der Waals surface area (Å²) in [5.74, 6) is -0.895. The molecular formula is C12H13F4NO3S. The van der Waals surface area contributed by atoms with E-state index in [9.17, 15) is 26.0 Å². The summed E-state index contributed by atoms with van der Waals surface area (Å²) in [5, 5.41) is 9.11. The van der Waals surface area contributed by atoms with Gasteiger partial charge in [0.25, 0.3) is 0 Å². The van der Waals surface area contributed by atoms with Crippen LogP contribution in [0.15, 0.2) is 23.1 Å². The van der Waals surface area contributed by atoms with Gasteiger partial charge in [0.2, 0.25) is 10.0 Å². The normalized spacial score (nSPS) is 16.5. The minimum Gasteiger partial charge on any atom is -0.392 e. The zero-order valence-electron chi connectivity index (χ0n) is 10.8. The standard InChI is InChI=1S/C12H13F4NO3S/c13-9-2-1-8(6-18)11(5-9)21(19,20)17(10-3-4-10)7-12(14,15)16/h1-2,5,10,18H,3-4,6-7H2. The zero-order chi connectivity index (χ0) is 15.8. The van der Waals surface area contributed by atoms with Crippen LogP contribution < -0.4 is 0 Å². The highest BCUT2D eigenvalue weighted by molar-refractivity contribution is 7.89. The number of aliphatic hydroxyl groups is 1. The van der Waals surface area contributed by atoms with Crippen molar-refractivity contribution >= 4 is 10.0 Å². The van der Waals surface area contributed by atoms with Gasteiger partial charge in [0.1, 0.15) is 12.4 Å². The van der Waals surface area contributed by atoms with Crippen LogP contribution >= 0.6 is 0 Å². The minimum atomic E-state index is -4.69. The molecule has 0 spiro atoms. The first kappa shape index (κ1) is 16.2. The molecule has 1 fully saturated rings. The van der Waals surface area contributed by atoms with Crippen LogP contribution in [0.25, 0.3) is 0 Å². The molecule has 0 bridgehead atoms. The van der Waals surface area contributed by atoms with Gasteiger partial charge in [-0.1, -0.05) is 6.07 Å². The van der Waals surface area contributed by atoms with E-state index in [-0.39, 0.29) is 5.56 Å². The summed E-state index contributed by atoms with van der Waals surface area (Å²) in [5.41, 5.74) is -0.135. The summed E-state index contributed by atoms with van der Waals surface area (Å²) >= 11 is 0. The van der Waals surface area contributed by atoms with E-state index in [0.29, 0.717) is 23.2 Å². The number of sulfonamides is 1. The number of aliphatic hydroxyl groups excluding tert-OH is 1. The topological polar surface area (TPSA) is 57.6 Å². The van der Waals surface area contributed by atoms with E-state index in [1.54, 1.807) is 0 Å². The number of hydrogen-bond donors (Lipinski definition) is 1. The van der Waals surface area contributed by atoms with Gasteiger partial charge in [-0.15, -0.1) is 0 Å². The molecular weight excluding hydrogens is 314 g/mol. The van der Waals surface area contributed by atoms with E-state index in [2.05, 4.69) is 0 Å². The third-order valence-corrected chi connectivity index (χ3v) is 5.06. The molecule has 1 aromatic carbocycles. The van der Waals surface area contributed by atoms with Crippen molar-refractivity contribution in [3.05, 3.63) is 29.6 Å². The number of rotatable bonds is 5. The van der Waals surface area contributed by atoms with E-state index in [1.165, 1.54) is 0 Å².